The first-order chi connectivity index (χ1) is 12.9. The molecule has 0 amide bonds. The van der Waals surface area contributed by atoms with Crippen LogP contribution in [0.25, 0.3) is 21.9 Å². The Labute approximate surface area is 150 Å². The minimum absolute atomic E-state index is 0.261. The molecule has 1 N–H and O–H groups in total. The molecular weight excluding hydrogens is 328 g/mol. The second kappa shape index (κ2) is 6.25. The molecule has 0 bridgehead atoms. The average molecular weight is 346 g/mol. The third-order valence-electron chi connectivity index (χ3n) is 4.92. The number of fused-ring (bicyclic) bond motifs is 2. The second-order valence-corrected chi connectivity index (χ2v) is 6.45. The smallest absolute Gasteiger partial charge is 0.162 e. The highest BCUT2D eigenvalue weighted by Crippen LogP contribution is 2.30. The van der Waals surface area contributed by atoms with Gasteiger partial charge in [-0.25, -0.2) is 15.0 Å². The van der Waals surface area contributed by atoms with Crippen LogP contribution in [0.5, 0.6) is 5.75 Å². The Kier molecular flexibility index (Phi) is 3.62. The number of rotatable bonds is 4. The highest BCUT2D eigenvalue weighted by atomic mass is 16.5. The molecule has 4 heterocycles. The summed E-state index contributed by atoms with van der Waals surface area (Å²) in [5, 5.41) is 2.17. The normalized spacial score (nSPS) is 17.2. The Morgan fingerprint density at radius 2 is 2.19 bits per heavy atom. The lowest BCUT2D eigenvalue weighted by molar-refractivity contribution is 0.291. The van der Waals surface area contributed by atoms with E-state index in [0.717, 1.165) is 52.9 Å². The molecule has 1 unspecified atom stereocenters. The summed E-state index contributed by atoms with van der Waals surface area (Å²) in [5.41, 5.74) is 1.58. The largest absolute Gasteiger partial charge is 0.491 e. The summed E-state index contributed by atoms with van der Waals surface area (Å²) < 4.78 is 6.20. The molecule has 130 valence electrons. The number of anilines is 1. The number of nitrogens with zero attached hydrogens (tertiary/aromatic N) is 5. The SMILES string of the molecule is c1cc(OCC2CCCN2c2ncnc3[nH]cnc23)c2cnccc2c1. The van der Waals surface area contributed by atoms with Crippen molar-refractivity contribution in [3.63, 3.8) is 0 Å². The van der Waals surface area contributed by atoms with E-state index in [1.807, 2.05) is 24.4 Å². The van der Waals surface area contributed by atoms with E-state index in [0.29, 0.717) is 6.61 Å². The van der Waals surface area contributed by atoms with Gasteiger partial charge >= 0.3 is 0 Å². The summed E-state index contributed by atoms with van der Waals surface area (Å²) >= 11 is 0. The molecule has 26 heavy (non-hydrogen) atoms. The van der Waals surface area contributed by atoms with Gasteiger partial charge in [0, 0.05) is 24.3 Å². The van der Waals surface area contributed by atoms with E-state index in [4.69, 9.17) is 4.74 Å². The summed E-state index contributed by atoms with van der Waals surface area (Å²) in [6.45, 7) is 1.55. The highest BCUT2D eigenvalue weighted by molar-refractivity contribution is 5.87. The minimum Gasteiger partial charge on any atom is -0.491 e. The van der Waals surface area contributed by atoms with Crippen LogP contribution >= 0.6 is 0 Å². The van der Waals surface area contributed by atoms with Crippen LogP contribution in [0.1, 0.15) is 12.8 Å². The minimum atomic E-state index is 0.261. The standard InChI is InChI=1S/C19H18N6O/c1-3-13-6-7-20-9-15(13)16(5-1)26-10-14-4-2-8-25(14)19-17-18(22-11-21-17)23-12-24-19/h1,3,5-7,9,11-12,14H,2,4,8,10H2,(H,21,22,23,24). The fourth-order valence-corrected chi connectivity index (χ4v) is 3.65. The number of imidazole rings is 1. The predicted octanol–water partition coefficient (Wildman–Crippen LogP) is 2.95. The lowest BCUT2D eigenvalue weighted by Crippen LogP contribution is -2.35. The van der Waals surface area contributed by atoms with Crippen LogP contribution < -0.4 is 9.64 Å². The summed E-state index contributed by atoms with van der Waals surface area (Å²) in [7, 11) is 0. The van der Waals surface area contributed by atoms with Gasteiger partial charge in [-0.1, -0.05) is 12.1 Å². The third kappa shape index (κ3) is 2.52. The quantitative estimate of drug-likeness (QED) is 0.612. The maximum atomic E-state index is 6.20. The van der Waals surface area contributed by atoms with E-state index in [-0.39, 0.29) is 6.04 Å². The van der Waals surface area contributed by atoms with Crippen molar-refractivity contribution in [2.75, 3.05) is 18.1 Å². The van der Waals surface area contributed by atoms with E-state index in [9.17, 15) is 0 Å². The molecule has 7 nitrogen and oxygen atoms in total. The van der Waals surface area contributed by atoms with Crippen molar-refractivity contribution in [1.82, 2.24) is 24.9 Å². The molecule has 1 fully saturated rings. The Hall–Kier alpha value is -3.22. The number of hydrogen-bond donors (Lipinski definition) is 1. The van der Waals surface area contributed by atoms with Crippen LogP contribution in [0.15, 0.2) is 49.3 Å². The molecule has 0 radical (unpaired) electrons. The van der Waals surface area contributed by atoms with Gasteiger partial charge in [-0.05, 0) is 30.4 Å². The topological polar surface area (TPSA) is 79.8 Å². The van der Waals surface area contributed by atoms with E-state index < -0.39 is 0 Å². The number of aromatic amines is 1. The van der Waals surface area contributed by atoms with E-state index in [2.05, 4.69) is 35.9 Å². The highest BCUT2D eigenvalue weighted by Gasteiger charge is 2.28. The first kappa shape index (κ1) is 15.1. The zero-order chi connectivity index (χ0) is 17.3. The molecule has 0 spiro atoms. The zero-order valence-electron chi connectivity index (χ0n) is 14.2. The average Bonchev–Trinajstić information content (AvgIpc) is 3.35. The Bertz CT molecular complexity index is 1060. The van der Waals surface area contributed by atoms with Gasteiger partial charge < -0.3 is 14.6 Å². The van der Waals surface area contributed by atoms with Crippen LogP contribution in [0.3, 0.4) is 0 Å². The van der Waals surface area contributed by atoms with Gasteiger partial charge in [0.2, 0.25) is 0 Å². The molecule has 1 aliphatic heterocycles. The molecule has 5 rings (SSSR count). The zero-order valence-corrected chi connectivity index (χ0v) is 14.2. The van der Waals surface area contributed by atoms with E-state index >= 15 is 0 Å². The molecule has 7 heteroatoms. The number of aromatic nitrogens is 5. The molecule has 4 aromatic rings. The van der Waals surface area contributed by atoms with Crippen molar-refractivity contribution in [2.24, 2.45) is 0 Å². The number of ether oxygens (including phenoxy) is 1. The van der Waals surface area contributed by atoms with Gasteiger partial charge in [-0.3, -0.25) is 4.98 Å². The van der Waals surface area contributed by atoms with Gasteiger partial charge in [0.05, 0.1) is 12.4 Å². The van der Waals surface area contributed by atoms with Crippen LogP contribution in [-0.4, -0.2) is 44.1 Å². The summed E-state index contributed by atoms with van der Waals surface area (Å²) in [5.74, 6) is 1.75. The van der Waals surface area contributed by atoms with Crippen molar-refractivity contribution in [3.8, 4) is 5.75 Å². The van der Waals surface area contributed by atoms with Crippen molar-refractivity contribution in [1.29, 1.82) is 0 Å². The fourth-order valence-electron chi connectivity index (χ4n) is 3.65. The monoisotopic (exact) mass is 346 g/mol. The van der Waals surface area contributed by atoms with Crippen LogP contribution in [0, 0.1) is 0 Å². The molecule has 0 aliphatic carbocycles. The number of hydrogen-bond acceptors (Lipinski definition) is 6. The van der Waals surface area contributed by atoms with Crippen molar-refractivity contribution in [3.05, 3.63) is 49.3 Å². The number of benzene rings is 1. The summed E-state index contributed by atoms with van der Waals surface area (Å²) in [6, 6.07) is 8.35. The van der Waals surface area contributed by atoms with Crippen molar-refractivity contribution in [2.45, 2.75) is 18.9 Å². The number of pyridine rings is 1. The number of H-pyrrole nitrogens is 1. The summed E-state index contributed by atoms with van der Waals surface area (Å²) in [4.78, 5) is 22.7. The van der Waals surface area contributed by atoms with Gasteiger partial charge in [0.15, 0.2) is 11.5 Å². The molecule has 1 aliphatic rings. The Morgan fingerprint density at radius 3 is 3.19 bits per heavy atom. The van der Waals surface area contributed by atoms with Crippen LogP contribution in [-0.2, 0) is 0 Å². The second-order valence-electron chi connectivity index (χ2n) is 6.45. The lowest BCUT2D eigenvalue weighted by Gasteiger charge is -2.26. The van der Waals surface area contributed by atoms with Gasteiger partial charge in [-0.15, -0.1) is 0 Å². The van der Waals surface area contributed by atoms with Crippen molar-refractivity contribution < 1.29 is 4.74 Å². The van der Waals surface area contributed by atoms with Gasteiger partial charge in [0.25, 0.3) is 0 Å². The molecule has 0 saturated carbocycles. The predicted molar refractivity (Wildman–Crippen MR) is 99.3 cm³/mol. The Morgan fingerprint density at radius 1 is 1.19 bits per heavy atom. The maximum absolute atomic E-state index is 6.20. The van der Waals surface area contributed by atoms with Crippen LogP contribution in [0.4, 0.5) is 5.82 Å². The first-order valence-corrected chi connectivity index (χ1v) is 8.76. The third-order valence-corrected chi connectivity index (χ3v) is 4.92. The molecular formula is C19H18N6O. The van der Waals surface area contributed by atoms with E-state index in [1.165, 1.54) is 0 Å². The lowest BCUT2D eigenvalue weighted by atomic mass is 10.1. The van der Waals surface area contributed by atoms with Gasteiger partial charge in [-0.2, -0.15) is 0 Å². The molecule has 1 aromatic carbocycles. The summed E-state index contributed by atoms with van der Waals surface area (Å²) in [6.07, 6.45) is 9.08. The van der Waals surface area contributed by atoms with Gasteiger partial charge in [0.1, 0.15) is 24.2 Å². The molecule has 1 atom stereocenters. The first-order valence-electron chi connectivity index (χ1n) is 8.76. The van der Waals surface area contributed by atoms with E-state index in [1.54, 1.807) is 18.9 Å². The van der Waals surface area contributed by atoms with Crippen molar-refractivity contribution >= 4 is 27.8 Å². The maximum Gasteiger partial charge on any atom is 0.162 e. The molecule has 3 aromatic heterocycles. The molecule has 1 saturated heterocycles. The van der Waals surface area contributed by atoms with Crippen LogP contribution in [0.2, 0.25) is 0 Å². The Balaban J connectivity index is 1.40. The fraction of sp³-hybridized carbons (Fsp3) is 0.263. The number of nitrogens with one attached hydrogen (secondary N) is 1.